The van der Waals surface area contributed by atoms with E-state index >= 15 is 0 Å². The Hall–Kier alpha value is -2.34. The lowest BCUT2D eigenvalue weighted by Gasteiger charge is -2.19. The summed E-state index contributed by atoms with van der Waals surface area (Å²) in [4.78, 5) is 12.2. The minimum absolute atomic E-state index is 0.188. The lowest BCUT2D eigenvalue weighted by molar-refractivity contribution is 0.0940. The van der Waals surface area contributed by atoms with E-state index in [2.05, 4.69) is 10.0 Å². The highest BCUT2D eigenvalue weighted by Gasteiger charge is 2.35. The van der Waals surface area contributed by atoms with Crippen molar-refractivity contribution in [1.82, 2.24) is 5.32 Å². The van der Waals surface area contributed by atoms with Gasteiger partial charge < -0.3 is 5.32 Å². The van der Waals surface area contributed by atoms with Crippen molar-refractivity contribution in [2.45, 2.75) is 31.2 Å². The third-order valence-electron chi connectivity index (χ3n) is 3.95. The molecule has 1 aliphatic heterocycles. The van der Waals surface area contributed by atoms with E-state index < -0.39 is 15.6 Å². The summed E-state index contributed by atoms with van der Waals surface area (Å²) in [5.74, 6) is -0.193. The van der Waals surface area contributed by atoms with E-state index in [1.165, 1.54) is 0 Å². The van der Waals surface area contributed by atoms with E-state index in [-0.39, 0.29) is 10.8 Å². The summed E-state index contributed by atoms with van der Waals surface area (Å²) in [7, 11) is -3.68. The monoisotopic (exact) mass is 330 g/mol. The van der Waals surface area contributed by atoms with Gasteiger partial charge in [-0.25, -0.2) is 8.42 Å². The third kappa shape index (κ3) is 2.82. The van der Waals surface area contributed by atoms with Gasteiger partial charge in [0, 0.05) is 11.3 Å². The standard InChI is InChI=1S/C17H18N2O3S/c1-11-4-7-13(8-5-11)23(21,22)19-12-6-9-15-14(10-12)16(20)18-17(15,2)3/h4-10,19H,1-3H3,(H,18,20). The highest BCUT2D eigenvalue weighted by molar-refractivity contribution is 7.92. The first-order valence-corrected chi connectivity index (χ1v) is 8.74. The first-order valence-electron chi connectivity index (χ1n) is 7.26. The average molecular weight is 330 g/mol. The van der Waals surface area contributed by atoms with E-state index in [9.17, 15) is 13.2 Å². The van der Waals surface area contributed by atoms with Crippen LogP contribution in [-0.2, 0) is 15.6 Å². The van der Waals surface area contributed by atoms with Crippen molar-refractivity contribution < 1.29 is 13.2 Å². The number of carbonyl (C=O) groups excluding carboxylic acids is 1. The van der Waals surface area contributed by atoms with Crippen molar-refractivity contribution in [3.63, 3.8) is 0 Å². The van der Waals surface area contributed by atoms with Crippen molar-refractivity contribution in [2.24, 2.45) is 0 Å². The third-order valence-corrected chi connectivity index (χ3v) is 5.34. The van der Waals surface area contributed by atoms with Crippen LogP contribution in [0.2, 0.25) is 0 Å². The van der Waals surface area contributed by atoms with Gasteiger partial charge in [0.2, 0.25) is 0 Å². The van der Waals surface area contributed by atoms with Crippen LogP contribution in [0.4, 0.5) is 5.69 Å². The molecule has 0 radical (unpaired) electrons. The first-order chi connectivity index (χ1) is 10.7. The van der Waals surface area contributed by atoms with E-state index in [4.69, 9.17) is 0 Å². The van der Waals surface area contributed by atoms with Gasteiger partial charge in [-0.1, -0.05) is 23.8 Å². The Bertz CT molecular complexity index is 885. The van der Waals surface area contributed by atoms with Gasteiger partial charge in [-0.05, 0) is 50.6 Å². The lowest BCUT2D eigenvalue weighted by Crippen LogP contribution is -2.32. The number of carbonyl (C=O) groups is 1. The van der Waals surface area contributed by atoms with Crippen molar-refractivity contribution in [3.8, 4) is 0 Å². The highest BCUT2D eigenvalue weighted by Crippen LogP contribution is 2.32. The van der Waals surface area contributed by atoms with Crippen LogP contribution in [0.25, 0.3) is 0 Å². The molecule has 0 aliphatic carbocycles. The molecule has 1 amide bonds. The second-order valence-electron chi connectivity index (χ2n) is 6.26. The molecule has 120 valence electrons. The maximum atomic E-state index is 12.4. The molecule has 5 nitrogen and oxygen atoms in total. The van der Waals surface area contributed by atoms with Gasteiger partial charge >= 0.3 is 0 Å². The second kappa shape index (κ2) is 5.09. The fourth-order valence-electron chi connectivity index (χ4n) is 2.69. The number of anilines is 1. The summed E-state index contributed by atoms with van der Waals surface area (Å²) in [6, 6.07) is 11.6. The van der Waals surface area contributed by atoms with Crippen LogP contribution in [0.15, 0.2) is 47.4 Å². The average Bonchev–Trinajstić information content (AvgIpc) is 2.68. The number of hydrogen-bond acceptors (Lipinski definition) is 3. The summed E-state index contributed by atoms with van der Waals surface area (Å²) in [5.41, 5.74) is 2.28. The fraction of sp³-hybridized carbons (Fsp3) is 0.235. The number of rotatable bonds is 3. The van der Waals surface area contributed by atoms with Crippen LogP contribution in [0.3, 0.4) is 0 Å². The molecule has 2 aromatic carbocycles. The smallest absolute Gasteiger partial charge is 0.261 e. The molecule has 0 aromatic heterocycles. The van der Waals surface area contributed by atoms with Crippen molar-refractivity contribution in [1.29, 1.82) is 0 Å². The van der Waals surface area contributed by atoms with Crippen LogP contribution in [0.1, 0.15) is 35.3 Å². The molecule has 2 aromatic rings. The van der Waals surface area contributed by atoms with Gasteiger partial charge in [-0.15, -0.1) is 0 Å². The Morgan fingerprint density at radius 3 is 2.35 bits per heavy atom. The topological polar surface area (TPSA) is 75.3 Å². The number of hydrogen-bond donors (Lipinski definition) is 2. The zero-order valence-electron chi connectivity index (χ0n) is 13.2. The Morgan fingerprint density at radius 1 is 1.04 bits per heavy atom. The molecule has 0 atom stereocenters. The zero-order chi connectivity index (χ0) is 16.8. The molecule has 3 rings (SSSR count). The van der Waals surface area contributed by atoms with Crippen molar-refractivity contribution in [3.05, 3.63) is 59.2 Å². The number of nitrogens with one attached hydrogen (secondary N) is 2. The Labute approximate surface area is 135 Å². The Morgan fingerprint density at radius 2 is 1.70 bits per heavy atom. The molecular weight excluding hydrogens is 312 g/mol. The summed E-state index contributed by atoms with van der Waals surface area (Å²) >= 11 is 0. The number of fused-ring (bicyclic) bond motifs is 1. The first kappa shape index (κ1) is 15.6. The van der Waals surface area contributed by atoms with Crippen LogP contribution >= 0.6 is 0 Å². The van der Waals surface area contributed by atoms with E-state index in [0.29, 0.717) is 11.3 Å². The minimum Gasteiger partial charge on any atom is -0.343 e. The van der Waals surface area contributed by atoms with Crippen molar-refractivity contribution in [2.75, 3.05) is 4.72 Å². The maximum absolute atomic E-state index is 12.4. The molecule has 0 saturated carbocycles. The predicted octanol–water partition coefficient (Wildman–Crippen LogP) is 2.77. The molecule has 6 heteroatoms. The molecule has 2 N–H and O–H groups in total. The molecule has 0 bridgehead atoms. The number of benzene rings is 2. The minimum atomic E-state index is -3.68. The summed E-state index contributed by atoms with van der Waals surface area (Å²) in [6.07, 6.45) is 0. The van der Waals surface area contributed by atoms with Gasteiger partial charge in [-0.2, -0.15) is 0 Å². The van der Waals surface area contributed by atoms with Crippen LogP contribution in [0.5, 0.6) is 0 Å². The lowest BCUT2D eigenvalue weighted by atomic mass is 9.94. The molecule has 1 aliphatic rings. The summed E-state index contributed by atoms with van der Waals surface area (Å²) < 4.78 is 27.3. The Kier molecular flexibility index (Phi) is 3.44. The molecule has 23 heavy (non-hydrogen) atoms. The van der Waals surface area contributed by atoms with Crippen LogP contribution < -0.4 is 10.0 Å². The van der Waals surface area contributed by atoms with Gasteiger partial charge in [0.25, 0.3) is 15.9 Å². The van der Waals surface area contributed by atoms with Crippen molar-refractivity contribution >= 4 is 21.6 Å². The number of amides is 1. The van der Waals surface area contributed by atoms with Gasteiger partial charge in [0.1, 0.15) is 0 Å². The normalized spacial score (nSPS) is 15.9. The molecule has 0 spiro atoms. The summed E-state index contributed by atoms with van der Waals surface area (Å²) in [6.45, 7) is 5.71. The van der Waals surface area contributed by atoms with Gasteiger partial charge in [0.05, 0.1) is 10.4 Å². The number of sulfonamides is 1. The number of aryl methyl sites for hydroxylation is 1. The van der Waals surface area contributed by atoms with E-state index in [0.717, 1.165) is 11.1 Å². The zero-order valence-corrected chi connectivity index (χ0v) is 14.0. The van der Waals surface area contributed by atoms with Crippen LogP contribution in [-0.4, -0.2) is 14.3 Å². The van der Waals surface area contributed by atoms with Crippen LogP contribution in [0, 0.1) is 6.92 Å². The molecule has 1 heterocycles. The SMILES string of the molecule is Cc1ccc(S(=O)(=O)Nc2ccc3c(c2)C(=O)NC3(C)C)cc1. The fourth-order valence-corrected chi connectivity index (χ4v) is 3.74. The molecule has 0 saturated heterocycles. The predicted molar refractivity (Wildman–Crippen MR) is 88.9 cm³/mol. The Balaban J connectivity index is 1.94. The highest BCUT2D eigenvalue weighted by atomic mass is 32.2. The van der Waals surface area contributed by atoms with E-state index in [1.54, 1.807) is 42.5 Å². The van der Waals surface area contributed by atoms with E-state index in [1.807, 2.05) is 20.8 Å². The largest absolute Gasteiger partial charge is 0.343 e. The molecule has 0 unspecified atom stereocenters. The van der Waals surface area contributed by atoms with Gasteiger partial charge in [0.15, 0.2) is 0 Å². The molecule has 0 fully saturated rings. The molecular formula is C17H18N2O3S. The maximum Gasteiger partial charge on any atom is 0.261 e. The van der Waals surface area contributed by atoms with Gasteiger partial charge in [-0.3, -0.25) is 9.52 Å². The second-order valence-corrected chi connectivity index (χ2v) is 7.94. The quantitative estimate of drug-likeness (QED) is 0.908. The summed E-state index contributed by atoms with van der Waals surface area (Å²) in [5, 5.41) is 2.87.